The van der Waals surface area contributed by atoms with Crippen LogP contribution in [0.2, 0.25) is 0 Å². The highest BCUT2D eigenvalue weighted by Crippen LogP contribution is 2.34. The number of hydrogen-bond acceptors (Lipinski definition) is 1. The van der Waals surface area contributed by atoms with Crippen molar-refractivity contribution in [1.82, 2.24) is 4.98 Å². The molecule has 1 nitrogen and oxygen atoms in total. The lowest BCUT2D eigenvalue weighted by Gasteiger charge is -2.20. The van der Waals surface area contributed by atoms with E-state index in [1.54, 1.807) is 6.07 Å². The third-order valence-corrected chi connectivity index (χ3v) is 4.67. The number of halogens is 1. The van der Waals surface area contributed by atoms with Gasteiger partial charge in [-0.3, -0.25) is 0 Å². The molecular formula is C23H20FN. The molecule has 0 radical (unpaired) electrons. The summed E-state index contributed by atoms with van der Waals surface area (Å²) in [6.45, 7) is 6.59. The van der Waals surface area contributed by atoms with Crippen molar-refractivity contribution in [2.45, 2.75) is 26.2 Å². The van der Waals surface area contributed by atoms with Crippen molar-refractivity contribution in [3.8, 4) is 11.3 Å². The summed E-state index contributed by atoms with van der Waals surface area (Å²) < 4.78 is 13.9. The van der Waals surface area contributed by atoms with Crippen LogP contribution in [0, 0.1) is 5.82 Å². The van der Waals surface area contributed by atoms with Crippen LogP contribution in [-0.2, 0) is 5.41 Å². The smallest absolute Gasteiger partial charge is 0.123 e. The fourth-order valence-electron chi connectivity index (χ4n) is 3.26. The lowest BCUT2D eigenvalue weighted by atomic mass is 9.86. The maximum absolute atomic E-state index is 13.9. The number of fused-ring (bicyclic) bond motifs is 3. The van der Waals surface area contributed by atoms with E-state index in [1.807, 2.05) is 36.4 Å². The zero-order valence-electron chi connectivity index (χ0n) is 14.7. The molecule has 0 atom stereocenters. The summed E-state index contributed by atoms with van der Waals surface area (Å²) in [6.07, 6.45) is 0. The van der Waals surface area contributed by atoms with Crippen LogP contribution in [0.3, 0.4) is 0 Å². The second-order valence-corrected chi connectivity index (χ2v) is 7.50. The Morgan fingerprint density at radius 2 is 1.48 bits per heavy atom. The van der Waals surface area contributed by atoms with Gasteiger partial charge in [-0.05, 0) is 34.6 Å². The van der Waals surface area contributed by atoms with E-state index < -0.39 is 0 Å². The van der Waals surface area contributed by atoms with Crippen molar-refractivity contribution in [3.05, 3.63) is 78.1 Å². The molecule has 25 heavy (non-hydrogen) atoms. The summed E-state index contributed by atoms with van der Waals surface area (Å²) in [5.41, 5.74) is 4.08. The van der Waals surface area contributed by atoms with Gasteiger partial charge >= 0.3 is 0 Å². The first kappa shape index (κ1) is 15.8. The van der Waals surface area contributed by atoms with Crippen LogP contribution in [0.5, 0.6) is 0 Å². The van der Waals surface area contributed by atoms with Gasteiger partial charge in [0.15, 0.2) is 0 Å². The minimum absolute atomic E-state index is 0.0561. The van der Waals surface area contributed by atoms with Crippen LogP contribution in [0.25, 0.3) is 32.9 Å². The first-order chi connectivity index (χ1) is 11.9. The molecular weight excluding hydrogens is 309 g/mol. The monoisotopic (exact) mass is 329 g/mol. The second kappa shape index (κ2) is 5.66. The normalized spacial score (nSPS) is 12.0. The molecule has 4 rings (SSSR count). The molecule has 0 amide bonds. The molecule has 4 aromatic rings. The molecule has 0 spiro atoms. The Kier molecular flexibility index (Phi) is 3.57. The molecule has 0 fully saturated rings. The topological polar surface area (TPSA) is 12.9 Å². The Morgan fingerprint density at radius 3 is 2.20 bits per heavy atom. The van der Waals surface area contributed by atoms with Gasteiger partial charge in [0.1, 0.15) is 5.82 Å². The molecule has 1 heterocycles. The largest absolute Gasteiger partial charge is 0.247 e. The van der Waals surface area contributed by atoms with E-state index in [4.69, 9.17) is 4.98 Å². The average molecular weight is 329 g/mol. The number of rotatable bonds is 1. The Bertz CT molecular complexity index is 1080. The SMILES string of the molecule is CC(C)(C)c1ccc2c(c1)nc(-c1ccccc1)c1cc(F)ccc12. The van der Waals surface area contributed by atoms with E-state index in [1.165, 1.54) is 11.6 Å². The summed E-state index contributed by atoms with van der Waals surface area (Å²) in [4.78, 5) is 4.92. The van der Waals surface area contributed by atoms with Crippen molar-refractivity contribution >= 4 is 21.7 Å². The molecule has 0 unspecified atom stereocenters. The first-order valence-electron chi connectivity index (χ1n) is 8.52. The van der Waals surface area contributed by atoms with Gasteiger partial charge in [-0.1, -0.05) is 69.3 Å². The zero-order chi connectivity index (χ0) is 17.6. The van der Waals surface area contributed by atoms with Crippen LogP contribution < -0.4 is 0 Å². The van der Waals surface area contributed by atoms with Gasteiger partial charge in [-0.15, -0.1) is 0 Å². The Labute approximate surface area is 147 Å². The number of aromatic nitrogens is 1. The van der Waals surface area contributed by atoms with Gasteiger partial charge in [0, 0.05) is 16.3 Å². The van der Waals surface area contributed by atoms with E-state index in [0.29, 0.717) is 0 Å². The predicted molar refractivity (Wildman–Crippen MR) is 103 cm³/mol. The fourth-order valence-corrected chi connectivity index (χ4v) is 3.26. The minimum Gasteiger partial charge on any atom is -0.247 e. The maximum Gasteiger partial charge on any atom is 0.123 e. The number of nitrogens with zero attached hydrogens (tertiary/aromatic N) is 1. The Hall–Kier alpha value is -2.74. The van der Waals surface area contributed by atoms with Crippen molar-refractivity contribution in [2.75, 3.05) is 0 Å². The summed E-state index contributed by atoms with van der Waals surface area (Å²) in [7, 11) is 0. The van der Waals surface area contributed by atoms with E-state index >= 15 is 0 Å². The fraction of sp³-hybridized carbons (Fsp3) is 0.174. The predicted octanol–water partition coefficient (Wildman–Crippen LogP) is 6.49. The molecule has 0 aliphatic carbocycles. The van der Waals surface area contributed by atoms with E-state index in [-0.39, 0.29) is 11.2 Å². The molecule has 124 valence electrons. The molecule has 3 aromatic carbocycles. The molecule has 0 N–H and O–H groups in total. The van der Waals surface area contributed by atoms with E-state index in [9.17, 15) is 4.39 Å². The summed E-state index contributed by atoms with van der Waals surface area (Å²) in [5, 5.41) is 2.94. The molecule has 0 aliphatic rings. The zero-order valence-corrected chi connectivity index (χ0v) is 14.7. The lowest BCUT2D eigenvalue weighted by Crippen LogP contribution is -2.10. The van der Waals surface area contributed by atoms with Crippen molar-refractivity contribution in [2.24, 2.45) is 0 Å². The van der Waals surface area contributed by atoms with Crippen molar-refractivity contribution in [3.63, 3.8) is 0 Å². The minimum atomic E-state index is -0.239. The van der Waals surface area contributed by atoms with Crippen LogP contribution >= 0.6 is 0 Å². The highest BCUT2D eigenvalue weighted by Gasteiger charge is 2.16. The van der Waals surface area contributed by atoms with Gasteiger partial charge in [0.25, 0.3) is 0 Å². The van der Waals surface area contributed by atoms with Gasteiger partial charge in [0.05, 0.1) is 11.2 Å². The summed E-state index contributed by atoms with van der Waals surface area (Å²) >= 11 is 0. The van der Waals surface area contributed by atoms with Crippen LogP contribution in [0.4, 0.5) is 4.39 Å². The van der Waals surface area contributed by atoms with E-state index in [0.717, 1.165) is 32.9 Å². The quantitative estimate of drug-likeness (QED) is 0.364. The second-order valence-electron chi connectivity index (χ2n) is 7.50. The van der Waals surface area contributed by atoms with Crippen LogP contribution in [-0.4, -0.2) is 4.98 Å². The van der Waals surface area contributed by atoms with E-state index in [2.05, 4.69) is 39.0 Å². The van der Waals surface area contributed by atoms with Crippen molar-refractivity contribution in [1.29, 1.82) is 0 Å². The Balaban J connectivity index is 2.12. The molecule has 2 heteroatoms. The third-order valence-electron chi connectivity index (χ3n) is 4.67. The van der Waals surface area contributed by atoms with Gasteiger partial charge in [0.2, 0.25) is 0 Å². The van der Waals surface area contributed by atoms with Crippen LogP contribution in [0.1, 0.15) is 26.3 Å². The Morgan fingerprint density at radius 1 is 0.760 bits per heavy atom. The molecule has 0 saturated heterocycles. The molecule has 0 saturated carbocycles. The molecule has 1 aromatic heterocycles. The maximum atomic E-state index is 13.9. The number of benzene rings is 3. The third kappa shape index (κ3) is 2.78. The highest BCUT2D eigenvalue weighted by molar-refractivity contribution is 6.11. The molecule has 0 bridgehead atoms. The van der Waals surface area contributed by atoms with Crippen LogP contribution in [0.15, 0.2) is 66.7 Å². The first-order valence-corrected chi connectivity index (χ1v) is 8.52. The standard InChI is InChI=1S/C23H20FN/c1-23(2,3)16-9-11-19-18-12-10-17(24)14-20(18)22(25-21(19)13-16)15-7-5-4-6-8-15/h4-14H,1-3H3. The highest BCUT2D eigenvalue weighted by atomic mass is 19.1. The lowest BCUT2D eigenvalue weighted by molar-refractivity contribution is 0.591. The molecule has 0 aliphatic heterocycles. The average Bonchev–Trinajstić information content (AvgIpc) is 2.60. The number of hydrogen-bond donors (Lipinski definition) is 0. The van der Waals surface area contributed by atoms with Crippen molar-refractivity contribution < 1.29 is 4.39 Å². The van der Waals surface area contributed by atoms with Gasteiger partial charge in [-0.25, -0.2) is 9.37 Å². The number of pyridine rings is 1. The van der Waals surface area contributed by atoms with Gasteiger partial charge in [-0.2, -0.15) is 0 Å². The van der Waals surface area contributed by atoms with Gasteiger partial charge < -0.3 is 0 Å². The summed E-state index contributed by atoms with van der Waals surface area (Å²) in [6, 6.07) is 21.4. The summed E-state index contributed by atoms with van der Waals surface area (Å²) in [5.74, 6) is -0.239.